The molecule has 0 aliphatic heterocycles. The average molecular weight is 584 g/mol. The topological polar surface area (TPSA) is 123 Å². The number of imidazole rings is 1. The highest BCUT2D eigenvalue weighted by Gasteiger charge is 2.18. The summed E-state index contributed by atoms with van der Waals surface area (Å²) in [6, 6.07) is 27.8. The Morgan fingerprint density at radius 3 is 2.29 bits per heavy atom. The molecule has 0 unspecified atom stereocenters. The molecule has 0 saturated heterocycles. The van der Waals surface area contributed by atoms with E-state index in [1.807, 2.05) is 78.2 Å². The third-order valence-corrected chi connectivity index (χ3v) is 7.55. The zero-order valence-electron chi connectivity index (χ0n) is 23.7. The summed E-state index contributed by atoms with van der Waals surface area (Å²) in [7, 11) is 3.26. The maximum Gasteiger partial charge on any atom is 0.268 e. The lowest BCUT2D eigenvalue weighted by molar-refractivity contribution is 0.0991. The van der Waals surface area contributed by atoms with Gasteiger partial charge in [-0.05, 0) is 55.0 Å². The van der Waals surface area contributed by atoms with Gasteiger partial charge in [0, 0.05) is 31.0 Å². The number of fused-ring (bicyclic) bond motifs is 1. The van der Waals surface area contributed by atoms with Crippen LogP contribution in [-0.2, 0) is 17.9 Å². The fourth-order valence-corrected chi connectivity index (χ4v) is 5.13. The molecule has 216 valence electrons. The number of carbonyl (C=O) groups is 2. The maximum atomic E-state index is 12.9. The van der Waals surface area contributed by atoms with E-state index < -0.39 is 0 Å². The Morgan fingerprint density at radius 2 is 1.69 bits per heavy atom. The van der Waals surface area contributed by atoms with E-state index in [1.54, 1.807) is 36.2 Å². The predicted octanol–water partition coefficient (Wildman–Crippen LogP) is 5.73. The van der Waals surface area contributed by atoms with Crippen molar-refractivity contribution in [2.45, 2.75) is 20.1 Å². The van der Waals surface area contributed by atoms with Crippen LogP contribution in [-0.4, -0.2) is 40.6 Å². The molecule has 3 aromatic carbocycles. The SMILES string of the molecule is CCn1c(NC(=O)c2ccc(/C(=C/N)OC)s2)nc2cc(N(C)C(=O)c3ccccc3)ccc21.OCc1ccccc1. The minimum atomic E-state index is -0.273. The van der Waals surface area contributed by atoms with Crippen molar-refractivity contribution in [3.05, 3.63) is 118 Å². The molecule has 2 amide bonds. The number of aliphatic hydroxyl groups excluding tert-OH is 1. The van der Waals surface area contributed by atoms with Crippen LogP contribution in [0.25, 0.3) is 16.8 Å². The van der Waals surface area contributed by atoms with Crippen molar-refractivity contribution in [3.63, 3.8) is 0 Å². The van der Waals surface area contributed by atoms with Gasteiger partial charge in [0.05, 0.1) is 34.5 Å². The van der Waals surface area contributed by atoms with Gasteiger partial charge in [-0.2, -0.15) is 0 Å². The van der Waals surface area contributed by atoms with Crippen LogP contribution in [0.2, 0.25) is 0 Å². The van der Waals surface area contributed by atoms with Gasteiger partial charge >= 0.3 is 0 Å². The molecule has 0 aliphatic rings. The Morgan fingerprint density at radius 1 is 1.02 bits per heavy atom. The van der Waals surface area contributed by atoms with E-state index in [2.05, 4.69) is 10.3 Å². The minimum absolute atomic E-state index is 0.112. The van der Waals surface area contributed by atoms with Crippen molar-refractivity contribution in [1.82, 2.24) is 9.55 Å². The van der Waals surface area contributed by atoms with E-state index in [0.29, 0.717) is 39.9 Å². The molecule has 2 aromatic heterocycles. The predicted molar refractivity (Wildman–Crippen MR) is 168 cm³/mol. The smallest absolute Gasteiger partial charge is 0.268 e. The molecule has 9 nitrogen and oxygen atoms in total. The van der Waals surface area contributed by atoms with Crippen LogP contribution >= 0.6 is 11.3 Å². The second-order valence-electron chi connectivity index (χ2n) is 9.08. The summed E-state index contributed by atoms with van der Waals surface area (Å²) in [6.07, 6.45) is 1.36. The quantitative estimate of drug-likeness (QED) is 0.201. The normalized spacial score (nSPS) is 11.0. The molecule has 4 N–H and O–H groups in total. The highest BCUT2D eigenvalue weighted by Crippen LogP contribution is 2.28. The lowest BCUT2D eigenvalue weighted by Gasteiger charge is -2.17. The summed E-state index contributed by atoms with van der Waals surface area (Å²) in [4.78, 5) is 33.2. The Balaban J connectivity index is 0.000000437. The fraction of sp³-hybridized carbons (Fsp3) is 0.156. The molecule has 0 saturated carbocycles. The van der Waals surface area contributed by atoms with Gasteiger partial charge in [-0.15, -0.1) is 11.3 Å². The number of anilines is 2. The van der Waals surface area contributed by atoms with Crippen LogP contribution in [0.1, 0.15) is 37.4 Å². The Bertz CT molecular complexity index is 1680. The largest absolute Gasteiger partial charge is 0.494 e. The zero-order chi connectivity index (χ0) is 30.1. The van der Waals surface area contributed by atoms with Crippen LogP contribution < -0.4 is 16.0 Å². The lowest BCUT2D eigenvalue weighted by Crippen LogP contribution is -2.26. The highest BCUT2D eigenvalue weighted by molar-refractivity contribution is 7.15. The minimum Gasteiger partial charge on any atom is -0.494 e. The zero-order valence-corrected chi connectivity index (χ0v) is 24.5. The van der Waals surface area contributed by atoms with Crippen LogP contribution in [0.5, 0.6) is 0 Å². The second kappa shape index (κ2) is 14.1. The lowest BCUT2D eigenvalue weighted by atomic mass is 10.2. The highest BCUT2D eigenvalue weighted by atomic mass is 32.1. The number of aromatic nitrogens is 2. The average Bonchev–Trinajstić information content (AvgIpc) is 3.66. The maximum absolute atomic E-state index is 12.9. The van der Waals surface area contributed by atoms with E-state index in [4.69, 9.17) is 15.6 Å². The van der Waals surface area contributed by atoms with Crippen molar-refractivity contribution in [3.8, 4) is 0 Å². The number of amides is 2. The van der Waals surface area contributed by atoms with E-state index >= 15 is 0 Å². The number of thiophene rings is 1. The number of carbonyl (C=O) groups excluding carboxylic acids is 2. The summed E-state index contributed by atoms with van der Waals surface area (Å²) in [5.41, 5.74) is 9.40. The molecule has 0 radical (unpaired) electrons. The molecule has 0 atom stereocenters. The van der Waals surface area contributed by atoms with Gasteiger partial charge in [0.15, 0.2) is 5.76 Å². The van der Waals surface area contributed by atoms with Gasteiger partial charge in [-0.3, -0.25) is 14.9 Å². The third kappa shape index (κ3) is 6.85. The third-order valence-electron chi connectivity index (χ3n) is 6.46. The van der Waals surface area contributed by atoms with Gasteiger partial charge in [0.25, 0.3) is 11.8 Å². The molecule has 0 bridgehead atoms. The molecular weight excluding hydrogens is 550 g/mol. The first-order valence-corrected chi connectivity index (χ1v) is 14.1. The Labute approximate surface area is 248 Å². The van der Waals surface area contributed by atoms with E-state index in [9.17, 15) is 9.59 Å². The number of nitrogens with one attached hydrogen (secondary N) is 1. The second-order valence-corrected chi connectivity index (χ2v) is 10.2. The Hall–Kier alpha value is -4.93. The molecule has 42 heavy (non-hydrogen) atoms. The molecule has 5 rings (SSSR count). The van der Waals surface area contributed by atoms with Gasteiger partial charge in [0.2, 0.25) is 5.95 Å². The van der Waals surface area contributed by atoms with Gasteiger partial charge < -0.3 is 25.0 Å². The van der Waals surface area contributed by atoms with Crippen LogP contribution in [0.3, 0.4) is 0 Å². The first kappa shape index (κ1) is 30.0. The number of nitrogens with zero attached hydrogens (tertiary/aromatic N) is 3. The van der Waals surface area contributed by atoms with Crippen molar-refractivity contribution in [2.24, 2.45) is 5.73 Å². The number of methoxy groups -OCH3 is 1. The molecule has 10 heteroatoms. The molecule has 5 aromatic rings. The molecule has 0 aliphatic carbocycles. The monoisotopic (exact) mass is 583 g/mol. The first-order valence-electron chi connectivity index (χ1n) is 13.3. The van der Waals surface area contributed by atoms with Gasteiger partial charge in [-0.25, -0.2) is 4.98 Å². The number of benzene rings is 3. The van der Waals surface area contributed by atoms with Crippen molar-refractivity contribution >= 4 is 51.6 Å². The summed E-state index contributed by atoms with van der Waals surface area (Å²) in [5.74, 6) is 0.559. The number of aryl methyl sites for hydroxylation is 1. The standard InChI is InChI=1S/C25H25N5O3S.C7H8O/c1-4-30-19-11-10-17(29(2)24(32)16-8-6-5-7-9-16)14-18(19)27-25(30)28-23(31)22-13-12-21(34-22)20(15-26)33-3;8-6-7-4-2-1-3-5-7/h5-15H,4,26H2,1-3H3,(H,27,28,31);1-5,8H,6H2/b20-15-;. The molecule has 2 heterocycles. The van der Waals surface area contributed by atoms with E-state index in [0.717, 1.165) is 16.0 Å². The number of hydrogen-bond donors (Lipinski definition) is 3. The van der Waals surface area contributed by atoms with Crippen molar-refractivity contribution < 1.29 is 19.4 Å². The number of ether oxygens (including phenoxy) is 1. The van der Waals surface area contributed by atoms with E-state index in [1.165, 1.54) is 24.6 Å². The van der Waals surface area contributed by atoms with E-state index in [-0.39, 0.29) is 18.4 Å². The molecule has 0 fully saturated rings. The number of aliphatic hydroxyl groups is 1. The fourth-order valence-electron chi connectivity index (χ4n) is 4.22. The summed E-state index contributed by atoms with van der Waals surface area (Å²) < 4.78 is 7.14. The van der Waals surface area contributed by atoms with Crippen LogP contribution in [0.4, 0.5) is 11.6 Å². The summed E-state index contributed by atoms with van der Waals surface area (Å²) in [5, 5.41) is 11.4. The van der Waals surface area contributed by atoms with Crippen LogP contribution in [0, 0.1) is 0 Å². The summed E-state index contributed by atoms with van der Waals surface area (Å²) >= 11 is 1.28. The van der Waals surface area contributed by atoms with Gasteiger partial charge in [0.1, 0.15) is 0 Å². The van der Waals surface area contributed by atoms with Crippen LogP contribution in [0.15, 0.2) is 97.2 Å². The number of hydrogen-bond acceptors (Lipinski definition) is 7. The van der Waals surface area contributed by atoms with Crippen molar-refractivity contribution in [1.29, 1.82) is 0 Å². The molecular formula is C32H33N5O4S. The van der Waals surface area contributed by atoms with Gasteiger partial charge in [-0.1, -0.05) is 48.5 Å². The number of rotatable bonds is 8. The summed E-state index contributed by atoms with van der Waals surface area (Å²) in [6.45, 7) is 2.74. The number of nitrogens with two attached hydrogens (primary N) is 1. The first-order chi connectivity index (χ1) is 20.4. The Kier molecular flexibility index (Phi) is 10.1. The van der Waals surface area contributed by atoms with Crippen molar-refractivity contribution in [2.75, 3.05) is 24.4 Å². The molecule has 0 spiro atoms.